The van der Waals surface area contributed by atoms with Gasteiger partial charge in [0.05, 0.1) is 4.21 Å². The number of aromatic nitrogens is 1. The normalized spacial score (nSPS) is 23.0. The summed E-state index contributed by atoms with van der Waals surface area (Å²) in [6, 6.07) is 2.76. The maximum absolute atomic E-state index is 4.51. The van der Waals surface area contributed by atoms with Crippen molar-refractivity contribution in [3.8, 4) is 0 Å². The molecule has 1 aliphatic rings. The molecule has 5 heteroatoms. The van der Waals surface area contributed by atoms with E-state index in [1.807, 2.05) is 23.1 Å². The highest BCUT2D eigenvalue weighted by Crippen LogP contribution is 2.43. The Hall–Kier alpha value is -0.360. The van der Waals surface area contributed by atoms with E-state index in [4.69, 9.17) is 0 Å². The van der Waals surface area contributed by atoms with E-state index in [0.29, 0.717) is 11.3 Å². The molecule has 0 spiro atoms. The molecule has 2 aromatic rings. The van der Waals surface area contributed by atoms with Crippen LogP contribution in [0.3, 0.4) is 0 Å². The molecule has 0 fully saturated rings. The molecule has 0 aromatic carbocycles. The van der Waals surface area contributed by atoms with Crippen molar-refractivity contribution in [1.29, 1.82) is 0 Å². The van der Waals surface area contributed by atoms with Crippen LogP contribution in [0.5, 0.6) is 0 Å². The van der Waals surface area contributed by atoms with Gasteiger partial charge in [-0.05, 0) is 30.4 Å². The number of nitrogens with zero attached hydrogens (tertiary/aromatic N) is 1. The van der Waals surface area contributed by atoms with Crippen LogP contribution >= 0.6 is 34.4 Å². The molecule has 0 radical (unpaired) electrons. The van der Waals surface area contributed by atoms with Gasteiger partial charge in [-0.1, -0.05) is 6.92 Å². The molecule has 0 bridgehead atoms. The van der Waals surface area contributed by atoms with Crippen LogP contribution in [0.4, 0.5) is 0 Å². The molecule has 2 nitrogen and oxygen atoms in total. The number of aryl methyl sites for hydroxylation is 1. The van der Waals surface area contributed by atoms with Gasteiger partial charge < -0.3 is 5.32 Å². The molecule has 2 aromatic heterocycles. The highest BCUT2D eigenvalue weighted by Gasteiger charge is 2.25. The fourth-order valence-corrected chi connectivity index (χ4v) is 5.53. The summed E-state index contributed by atoms with van der Waals surface area (Å²) in [5, 5.41) is 9.88. The van der Waals surface area contributed by atoms with Crippen molar-refractivity contribution in [2.24, 2.45) is 0 Å². The van der Waals surface area contributed by atoms with Crippen molar-refractivity contribution in [3.63, 3.8) is 0 Å². The van der Waals surface area contributed by atoms with Crippen molar-refractivity contribution < 1.29 is 0 Å². The first-order valence-electron chi connectivity index (χ1n) is 6.11. The Balaban J connectivity index is 1.70. The first kappa shape index (κ1) is 12.7. The Morgan fingerprint density at radius 1 is 1.44 bits per heavy atom. The summed E-state index contributed by atoms with van der Waals surface area (Å²) in [4.78, 5) is 4.51. The van der Waals surface area contributed by atoms with Crippen LogP contribution in [0.2, 0.25) is 0 Å². The van der Waals surface area contributed by atoms with Crippen molar-refractivity contribution in [2.75, 3.05) is 0 Å². The van der Waals surface area contributed by atoms with Crippen LogP contribution in [-0.4, -0.2) is 10.2 Å². The van der Waals surface area contributed by atoms with Gasteiger partial charge in [0.2, 0.25) is 0 Å². The molecular formula is C13H16N2S3. The Morgan fingerprint density at radius 3 is 3.11 bits per heavy atom. The Kier molecular flexibility index (Phi) is 3.75. The average molecular weight is 296 g/mol. The maximum atomic E-state index is 4.51. The number of nitrogens with one attached hydrogen (secondary N) is 1. The minimum Gasteiger partial charge on any atom is -0.303 e. The summed E-state index contributed by atoms with van der Waals surface area (Å²) in [5.74, 6) is 0. The molecular weight excluding hydrogens is 280 g/mol. The minimum absolute atomic E-state index is 0.492. The van der Waals surface area contributed by atoms with Crippen LogP contribution in [0.25, 0.3) is 0 Å². The van der Waals surface area contributed by atoms with Crippen molar-refractivity contribution >= 4 is 34.4 Å². The third-order valence-electron chi connectivity index (χ3n) is 3.08. The lowest BCUT2D eigenvalue weighted by Gasteiger charge is -2.27. The lowest BCUT2D eigenvalue weighted by Crippen LogP contribution is -2.26. The Bertz CT molecular complexity index is 532. The molecule has 3 rings (SSSR count). The smallest absolute Gasteiger partial charge is 0.107 e. The summed E-state index contributed by atoms with van der Waals surface area (Å²) >= 11 is 5.63. The van der Waals surface area contributed by atoms with Crippen molar-refractivity contribution in [1.82, 2.24) is 10.3 Å². The van der Waals surface area contributed by atoms with Gasteiger partial charge in [-0.25, -0.2) is 4.98 Å². The second-order valence-electron chi connectivity index (χ2n) is 4.64. The summed E-state index contributed by atoms with van der Waals surface area (Å²) in [5.41, 5.74) is 2.61. The zero-order chi connectivity index (χ0) is 12.5. The van der Waals surface area contributed by atoms with Gasteiger partial charge in [0.15, 0.2) is 0 Å². The zero-order valence-corrected chi connectivity index (χ0v) is 12.9. The molecule has 1 unspecified atom stereocenters. The molecule has 0 saturated heterocycles. The SMILES string of the molecule is Cc1csc(CNC2C[C@H](C)Sc3sccc32)n1. The lowest BCUT2D eigenvalue weighted by molar-refractivity contribution is 0.487. The van der Waals surface area contributed by atoms with Crippen LogP contribution in [-0.2, 0) is 6.54 Å². The topological polar surface area (TPSA) is 24.9 Å². The number of thiophene rings is 1. The Labute approximate surface area is 120 Å². The standard InChI is InChI=1S/C13H16N2S3/c1-8-7-17-12(15-8)6-14-11-5-9(2)18-13-10(11)3-4-16-13/h3-4,7,9,11,14H,5-6H2,1-2H3/t9-,11?/m0/s1. The number of thiazole rings is 1. The first-order valence-corrected chi connectivity index (χ1v) is 8.74. The third kappa shape index (κ3) is 2.64. The fourth-order valence-electron chi connectivity index (χ4n) is 2.24. The maximum Gasteiger partial charge on any atom is 0.107 e. The van der Waals surface area contributed by atoms with E-state index in [-0.39, 0.29) is 0 Å². The van der Waals surface area contributed by atoms with Crippen LogP contribution in [0.15, 0.2) is 21.0 Å². The molecule has 1 N–H and O–H groups in total. The molecule has 96 valence electrons. The monoisotopic (exact) mass is 296 g/mol. The average Bonchev–Trinajstić information content (AvgIpc) is 2.94. The summed E-state index contributed by atoms with van der Waals surface area (Å²) in [6.45, 7) is 5.25. The number of fused-ring (bicyclic) bond motifs is 1. The van der Waals surface area contributed by atoms with Crippen molar-refractivity contribution in [3.05, 3.63) is 33.1 Å². The number of hydrogen-bond acceptors (Lipinski definition) is 5. The van der Waals surface area contributed by atoms with E-state index in [0.717, 1.165) is 12.2 Å². The largest absolute Gasteiger partial charge is 0.303 e. The van der Waals surface area contributed by atoms with Crippen LogP contribution < -0.4 is 5.32 Å². The predicted molar refractivity (Wildman–Crippen MR) is 80.7 cm³/mol. The molecule has 1 aliphatic heterocycles. The second-order valence-corrected chi connectivity index (χ2v) is 8.21. The van der Waals surface area contributed by atoms with Crippen LogP contribution in [0.1, 0.15) is 35.7 Å². The zero-order valence-electron chi connectivity index (χ0n) is 10.5. The van der Waals surface area contributed by atoms with Gasteiger partial charge in [-0.3, -0.25) is 0 Å². The summed E-state index contributed by atoms with van der Waals surface area (Å²) in [7, 11) is 0. The summed E-state index contributed by atoms with van der Waals surface area (Å²) < 4.78 is 1.49. The van der Waals surface area contributed by atoms with E-state index >= 15 is 0 Å². The van der Waals surface area contributed by atoms with E-state index in [1.54, 1.807) is 11.3 Å². The van der Waals surface area contributed by atoms with Gasteiger partial charge in [-0.2, -0.15) is 0 Å². The minimum atomic E-state index is 0.492. The van der Waals surface area contributed by atoms with E-state index in [9.17, 15) is 0 Å². The summed E-state index contributed by atoms with van der Waals surface area (Å²) in [6.07, 6.45) is 1.21. The first-order chi connectivity index (χ1) is 8.72. The molecule has 0 saturated carbocycles. The van der Waals surface area contributed by atoms with E-state index < -0.39 is 0 Å². The Morgan fingerprint density at radius 2 is 2.33 bits per heavy atom. The van der Waals surface area contributed by atoms with Gasteiger partial charge in [0.1, 0.15) is 5.01 Å². The van der Waals surface area contributed by atoms with Gasteiger partial charge in [0, 0.05) is 28.9 Å². The molecule has 3 heterocycles. The molecule has 0 amide bonds. The number of thioether (sulfide) groups is 1. The predicted octanol–water partition coefficient (Wildman–Crippen LogP) is 4.23. The lowest BCUT2D eigenvalue weighted by atomic mass is 10.1. The quantitative estimate of drug-likeness (QED) is 0.917. The van der Waals surface area contributed by atoms with Gasteiger partial charge >= 0.3 is 0 Å². The number of hydrogen-bond donors (Lipinski definition) is 1. The molecule has 2 atom stereocenters. The van der Waals surface area contributed by atoms with Crippen LogP contribution in [0, 0.1) is 6.92 Å². The van der Waals surface area contributed by atoms with Crippen molar-refractivity contribution in [2.45, 2.75) is 42.3 Å². The molecule has 18 heavy (non-hydrogen) atoms. The number of rotatable bonds is 3. The van der Waals surface area contributed by atoms with Gasteiger partial charge in [0.25, 0.3) is 0 Å². The van der Waals surface area contributed by atoms with E-state index in [2.05, 4.69) is 41.0 Å². The van der Waals surface area contributed by atoms with E-state index in [1.165, 1.54) is 21.2 Å². The van der Waals surface area contributed by atoms with Gasteiger partial charge in [-0.15, -0.1) is 34.4 Å². The highest BCUT2D eigenvalue weighted by atomic mass is 32.2. The fraction of sp³-hybridized carbons (Fsp3) is 0.462. The highest BCUT2D eigenvalue weighted by molar-refractivity contribution is 8.01. The second kappa shape index (κ2) is 5.33. The molecule has 0 aliphatic carbocycles. The third-order valence-corrected chi connectivity index (χ3v) is 6.39.